The standard InChI is InChI=1S/C36H51N3O5/c1-4-22-37(26-27-16-10-7-11-17-27)32(41)29-30-33(42)39(24-14-9-15-25-40)31(36(30)21-20-35(29,6-3)44-36)34(43)38(23-5-2)28-18-12-8-13-19-28/h4-5,7,10-11,16-17,28-31,40H,1-2,6,8-9,12-15,18-26H2,3H3/t29-,30-,31?,35+,36?/m0/s1. The van der Waals surface area contributed by atoms with Crippen molar-refractivity contribution in [2.75, 3.05) is 26.2 Å². The Morgan fingerprint density at radius 3 is 2.41 bits per heavy atom. The number of ether oxygens (including phenoxy) is 1. The first kappa shape index (κ1) is 32.4. The quantitative estimate of drug-likeness (QED) is 0.228. The monoisotopic (exact) mass is 605 g/mol. The van der Waals surface area contributed by atoms with Crippen LogP contribution < -0.4 is 0 Å². The molecule has 1 aromatic carbocycles. The van der Waals surface area contributed by atoms with Crippen LogP contribution in [0, 0.1) is 11.8 Å². The van der Waals surface area contributed by atoms with Crippen molar-refractivity contribution >= 4 is 17.7 Å². The Hall–Kier alpha value is -2.97. The Kier molecular flexibility index (Phi) is 10.3. The number of carbonyl (C=O) groups is 3. The van der Waals surface area contributed by atoms with E-state index in [1.807, 2.05) is 42.2 Å². The third kappa shape index (κ3) is 5.76. The van der Waals surface area contributed by atoms with E-state index in [0.717, 1.165) is 37.7 Å². The number of benzene rings is 1. The fourth-order valence-corrected chi connectivity index (χ4v) is 8.68. The maximum absolute atomic E-state index is 14.8. The molecular weight excluding hydrogens is 554 g/mol. The number of fused-ring (bicyclic) bond motifs is 1. The minimum atomic E-state index is -1.04. The smallest absolute Gasteiger partial charge is 0.248 e. The largest absolute Gasteiger partial charge is 0.396 e. The average molecular weight is 606 g/mol. The van der Waals surface area contributed by atoms with E-state index >= 15 is 0 Å². The molecule has 1 saturated carbocycles. The normalized spacial score (nSPS) is 29.5. The van der Waals surface area contributed by atoms with Crippen molar-refractivity contribution in [1.82, 2.24) is 14.7 Å². The van der Waals surface area contributed by atoms with E-state index in [9.17, 15) is 19.5 Å². The first-order chi connectivity index (χ1) is 21.4. The highest BCUT2D eigenvalue weighted by atomic mass is 16.5. The molecule has 4 fully saturated rings. The van der Waals surface area contributed by atoms with E-state index in [1.165, 1.54) is 6.42 Å². The number of unbranched alkanes of at least 4 members (excludes halogenated alkanes) is 2. The van der Waals surface area contributed by atoms with Gasteiger partial charge in [0.15, 0.2) is 0 Å². The Bertz CT molecular complexity index is 1200. The molecule has 5 atom stereocenters. The Morgan fingerprint density at radius 2 is 1.75 bits per heavy atom. The van der Waals surface area contributed by atoms with Crippen molar-refractivity contribution < 1.29 is 24.2 Å². The molecule has 3 aliphatic heterocycles. The summed E-state index contributed by atoms with van der Waals surface area (Å²) in [4.78, 5) is 49.6. The molecule has 0 radical (unpaired) electrons. The van der Waals surface area contributed by atoms with Crippen molar-refractivity contribution in [3.8, 4) is 0 Å². The number of hydrogen-bond acceptors (Lipinski definition) is 5. The molecule has 240 valence electrons. The highest BCUT2D eigenvalue weighted by molar-refractivity contribution is 5.99. The minimum absolute atomic E-state index is 0.0676. The van der Waals surface area contributed by atoms with Gasteiger partial charge in [-0.2, -0.15) is 0 Å². The molecule has 1 aromatic rings. The lowest BCUT2D eigenvalue weighted by Gasteiger charge is -2.41. The first-order valence-corrected chi connectivity index (χ1v) is 16.8. The summed E-state index contributed by atoms with van der Waals surface area (Å²) in [6, 6.07) is 9.21. The fraction of sp³-hybridized carbons (Fsp3) is 0.639. The van der Waals surface area contributed by atoms with Crippen LogP contribution in [0.3, 0.4) is 0 Å². The summed E-state index contributed by atoms with van der Waals surface area (Å²) in [7, 11) is 0. The number of amides is 3. The Balaban J connectivity index is 1.53. The van der Waals surface area contributed by atoms with Gasteiger partial charge in [0, 0.05) is 38.8 Å². The molecule has 8 nitrogen and oxygen atoms in total. The van der Waals surface area contributed by atoms with Gasteiger partial charge in [-0.1, -0.05) is 68.7 Å². The van der Waals surface area contributed by atoms with E-state index in [-0.39, 0.29) is 30.4 Å². The molecule has 0 aromatic heterocycles. The molecule has 4 aliphatic rings. The lowest BCUT2D eigenvalue weighted by Crippen LogP contribution is -2.58. The summed E-state index contributed by atoms with van der Waals surface area (Å²) in [5.74, 6) is -1.68. The van der Waals surface area contributed by atoms with Crippen molar-refractivity contribution in [3.63, 3.8) is 0 Å². The van der Waals surface area contributed by atoms with Crippen LogP contribution in [-0.4, -0.2) is 87.1 Å². The van der Waals surface area contributed by atoms with Crippen LogP contribution >= 0.6 is 0 Å². The highest BCUT2D eigenvalue weighted by Gasteiger charge is 2.79. The topological polar surface area (TPSA) is 90.4 Å². The van der Waals surface area contributed by atoms with Gasteiger partial charge in [0.05, 0.1) is 17.4 Å². The molecule has 3 heterocycles. The zero-order valence-corrected chi connectivity index (χ0v) is 26.5. The van der Waals surface area contributed by atoms with Crippen LogP contribution in [0.15, 0.2) is 55.6 Å². The number of aliphatic hydroxyl groups is 1. The summed E-state index contributed by atoms with van der Waals surface area (Å²) in [5, 5.41) is 9.38. The lowest BCUT2D eigenvalue weighted by molar-refractivity contribution is -0.156. The van der Waals surface area contributed by atoms with Crippen molar-refractivity contribution in [2.24, 2.45) is 11.8 Å². The second-order valence-corrected chi connectivity index (χ2v) is 13.2. The van der Waals surface area contributed by atoms with Crippen molar-refractivity contribution in [2.45, 2.75) is 107 Å². The van der Waals surface area contributed by atoms with Crippen LogP contribution in [0.25, 0.3) is 0 Å². The number of aliphatic hydroxyl groups excluding tert-OH is 1. The first-order valence-electron chi connectivity index (χ1n) is 16.8. The maximum Gasteiger partial charge on any atom is 0.248 e. The van der Waals surface area contributed by atoms with Crippen LogP contribution in [-0.2, 0) is 25.7 Å². The summed E-state index contributed by atoms with van der Waals surface area (Å²) in [5.41, 5.74) is -0.818. The van der Waals surface area contributed by atoms with Crippen LogP contribution in [0.2, 0.25) is 0 Å². The molecule has 2 unspecified atom stereocenters. The number of carbonyl (C=O) groups excluding carboxylic acids is 3. The molecule has 2 bridgehead atoms. The molecule has 1 N–H and O–H groups in total. The van der Waals surface area contributed by atoms with Gasteiger partial charge in [-0.15, -0.1) is 13.2 Å². The zero-order chi connectivity index (χ0) is 31.3. The zero-order valence-electron chi connectivity index (χ0n) is 26.5. The minimum Gasteiger partial charge on any atom is -0.396 e. The van der Waals surface area contributed by atoms with Crippen molar-refractivity contribution in [3.05, 3.63) is 61.2 Å². The van der Waals surface area contributed by atoms with Gasteiger partial charge >= 0.3 is 0 Å². The van der Waals surface area contributed by atoms with E-state index < -0.39 is 29.1 Å². The second kappa shape index (κ2) is 14.0. The Morgan fingerprint density at radius 1 is 1.02 bits per heavy atom. The van der Waals surface area contributed by atoms with Crippen LogP contribution in [0.5, 0.6) is 0 Å². The molecule has 3 amide bonds. The SMILES string of the molecule is C=CCN(Cc1ccccc1)C(=O)[C@@H]1[C@H]2C(=O)N(CCCCCO)C(C(=O)N(CC=C)C3CCCCC3)C23CC[C@@]1(CC)O3. The van der Waals surface area contributed by atoms with E-state index in [0.29, 0.717) is 58.3 Å². The number of hydrogen-bond donors (Lipinski definition) is 1. The predicted molar refractivity (Wildman–Crippen MR) is 170 cm³/mol. The highest BCUT2D eigenvalue weighted by Crippen LogP contribution is 2.64. The molecule has 1 aliphatic carbocycles. The second-order valence-electron chi connectivity index (χ2n) is 13.2. The molecular formula is C36H51N3O5. The maximum atomic E-state index is 14.8. The van der Waals surface area contributed by atoms with Crippen LogP contribution in [0.4, 0.5) is 0 Å². The average Bonchev–Trinajstić information content (AvgIpc) is 3.65. The van der Waals surface area contributed by atoms with Gasteiger partial charge in [-0.3, -0.25) is 14.4 Å². The van der Waals surface area contributed by atoms with Crippen molar-refractivity contribution in [1.29, 1.82) is 0 Å². The summed E-state index contributed by atoms with van der Waals surface area (Å²) < 4.78 is 7.06. The van der Waals surface area contributed by atoms with Gasteiger partial charge in [0.2, 0.25) is 17.7 Å². The molecule has 5 rings (SSSR count). The Labute approximate surface area is 263 Å². The molecule has 8 heteroatoms. The number of rotatable bonds is 15. The van der Waals surface area contributed by atoms with Gasteiger partial charge in [0.25, 0.3) is 0 Å². The summed E-state index contributed by atoms with van der Waals surface area (Å²) >= 11 is 0. The fourth-order valence-electron chi connectivity index (χ4n) is 8.68. The van der Waals surface area contributed by atoms with Crippen LogP contribution in [0.1, 0.15) is 83.1 Å². The number of likely N-dealkylation sites (tertiary alicyclic amines) is 1. The van der Waals surface area contributed by atoms with E-state index in [2.05, 4.69) is 13.2 Å². The van der Waals surface area contributed by atoms with Gasteiger partial charge in [-0.05, 0) is 56.9 Å². The third-order valence-corrected chi connectivity index (χ3v) is 10.7. The predicted octanol–water partition coefficient (Wildman–Crippen LogP) is 4.87. The molecule has 3 saturated heterocycles. The summed E-state index contributed by atoms with van der Waals surface area (Å²) in [6.45, 7) is 11.6. The third-order valence-electron chi connectivity index (χ3n) is 10.7. The lowest BCUT2D eigenvalue weighted by atomic mass is 9.64. The molecule has 1 spiro atoms. The number of nitrogens with zero attached hydrogens (tertiary/aromatic N) is 3. The van der Waals surface area contributed by atoms with Gasteiger partial charge in [-0.25, -0.2) is 0 Å². The van der Waals surface area contributed by atoms with E-state index in [4.69, 9.17) is 4.74 Å². The van der Waals surface area contributed by atoms with Gasteiger partial charge in [0.1, 0.15) is 11.6 Å². The molecule has 44 heavy (non-hydrogen) atoms. The van der Waals surface area contributed by atoms with Gasteiger partial charge < -0.3 is 24.5 Å². The summed E-state index contributed by atoms with van der Waals surface area (Å²) in [6.07, 6.45) is 12.7. The van der Waals surface area contributed by atoms with E-state index in [1.54, 1.807) is 22.0 Å².